The normalized spacial score (nSPS) is 21.5. The van der Waals surface area contributed by atoms with Crippen molar-refractivity contribution in [3.05, 3.63) is 24.3 Å². The Bertz CT molecular complexity index is 593. The van der Waals surface area contributed by atoms with Gasteiger partial charge in [0.05, 0.1) is 12.5 Å². The summed E-state index contributed by atoms with van der Waals surface area (Å²) in [6, 6.07) is 7.29. The van der Waals surface area contributed by atoms with Gasteiger partial charge in [0, 0.05) is 31.1 Å². The maximum Gasteiger partial charge on any atom is 0.246 e. The molecule has 6 heteroatoms. The number of hydrogen-bond donors (Lipinski definition) is 2. The lowest BCUT2D eigenvalue weighted by Crippen LogP contribution is -2.44. The van der Waals surface area contributed by atoms with Crippen LogP contribution in [0, 0.1) is 5.92 Å². The van der Waals surface area contributed by atoms with Crippen LogP contribution in [0.1, 0.15) is 26.2 Å². The van der Waals surface area contributed by atoms with Gasteiger partial charge in [-0.3, -0.25) is 9.59 Å². The second-order valence-corrected chi connectivity index (χ2v) is 6.52. The second kappa shape index (κ2) is 7.66. The van der Waals surface area contributed by atoms with Gasteiger partial charge >= 0.3 is 0 Å². The van der Waals surface area contributed by atoms with E-state index in [0.717, 1.165) is 30.9 Å². The molecule has 0 bridgehead atoms. The van der Waals surface area contributed by atoms with E-state index in [1.165, 1.54) is 12.8 Å². The monoisotopic (exact) mass is 331 g/mol. The maximum atomic E-state index is 12.3. The van der Waals surface area contributed by atoms with E-state index in [4.69, 9.17) is 4.74 Å². The van der Waals surface area contributed by atoms with Crippen molar-refractivity contribution in [3.63, 3.8) is 0 Å². The molecule has 6 nitrogen and oxygen atoms in total. The van der Waals surface area contributed by atoms with Gasteiger partial charge in [-0.25, -0.2) is 0 Å². The third-order valence-corrected chi connectivity index (χ3v) is 4.64. The molecule has 3 rings (SSSR count). The summed E-state index contributed by atoms with van der Waals surface area (Å²) in [6.07, 6.45) is 3.15. The first-order valence-corrected chi connectivity index (χ1v) is 8.67. The van der Waals surface area contributed by atoms with E-state index >= 15 is 0 Å². The standard InChI is InChI=1S/C18H25N3O3/c1-13(19-18(23)14-7-10-24-12-14)17(22)20-15-5-4-6-16(11-15)21-8-2-3-9-21/h4-6,11,13-14H,2-3,7-10,12H2,1H3,(H,19,23)(H,20,22)/t13-,14-/m0/s1. The van der Waals surface area contributed by atoms with E-state index in [9.17, 15) is 9.59 Å². The number of amides is 2. The fraction of sp³-hybridized carbons (Fsp3) is 0.556. The van der Waals surface area contributed by atoms with Crippen molar-refractivity contribution in [1.82, 2.24) is 5.32 Å². The Morgan fingerprint density at radius 1 is 1.29 bits per heavy atom. The lowest BCUT2D eigenvalue weighted by atomic mass is 10.1. The molecule has 2 N–H and O–H groups in total. The first-order valence-electron chi connectivity index (χ1n) is 8.67. The molecule has 0 saturated carbocycles. The van der Waals surface area contributed by atoms with Crippen molar-refractivity contribution >= 4 is 23.2 Å². The van der Waals surface area contributed by atoms with Crippen LogP contribution in [-0.2, 0) is 14.3 Å². The van der Waals surface area contributed by atoms with Crippen molar-refractivity contribution in [1.29, 1.82) is 0 Å². The van der Waals surface area contributed by atoms with E-state index in [1.54, 1.807) is 6.92 Å². The minimum absolute atomic E-state index is 0.110. The molecule has 2 aliphatic heterocycles. The van der Waals surface area contributed by atoms with Crippen LogP contribution < -0.4 is 15.5 Å². The van der Waals surface area contributed by atoms with Crippen molar-refractivity contribution in [2.75, 3.05) is 36.5 Å². The molecule has 0 radical (unpaired) electrons. The molecular formula is C18H25N3O3. The summed E-state index contributed by atoms with van der Waals surface area (Å²) in [6.45, 7) is 4.88. The number of carbonyl (C=O) groups excluding carboxylic acids is 2. The fourth-order valence-electron chi connectivity index (χ4n) is 3.14. The van der Waals surface area contributed by atoms with Gasteiger partial charge in [-0.2, -0.15) is 0 Å². The molecule has 1 aromatic rings. The number of carbonyl (C=O) groups is 2. The van der Waals surface area contributed by atoms with Crippen LogP contribution in [-0.4, -0.2) is 44.2 Å². The minimum Gasteiger partial charge on any atom is -0.381 e. The zero-order valence-corrected chi connectivity index (χ0v) is 14.1. The average molecular weight is 331 g/mol. The topological polar surface area (TPSA) is 70.7 Å². The Balaban J connectivity index is 1.55. The van der Waals surface area contributed by atoms with Gasteiger partial charge in [-0.15, -0.1) is 0 Å². The molecule has 1 aromatic carbocycles. The van der Waals surface area contributed by atoms with Crippen LogP contribution in [0.25, 0.3) is 0 Å². The number of nitrogens with zero attached hydrogens (tertiary/aromatic N) is 1. The first-order chi connectivity index (χ1) is 11.6. The molecule has 2 atom stereocenters. The molecule has 0 spiro atoms. The Kier molecular flexibility index (Phi) is 5.35. The van der Waals surface area contributed by atoms with Gasteiger partial charge < -0.3 is 20.3 Å². The number of rotatable bonds is 5. The molecule has 2 saturated heterocycles. The summed E-state index contributed by atoms with van der Waals surface area (Å²) in [4.78, 5) is 26.7. The molecule has 0 aromatic heterocycles. The largest absolute Gasteiger partial charge is 0.381 e. The highest BCUT2D eigenvalue weighted by Gasteiger charge is 2.26. The van der Waals surface area contributed by atoms with Crippen LogP contribution in [0.15, 0.2) is 24.3 Å². The number of hydrogen-bond acceptors (Lipinski definition) is 4. The number of ether oxygens (including phenoxy) is 1. The highest BCUT2D eigenvalue weighted by atomic mass is 16.5. The molecule has 2 fully saturated rings. The third kappa shape index (κ3) is 4.06. The van der Waals surface area contributed by atoms with E-state index < -0.39 is 6.04 Å². The lowest BCUT2D eigenvalue weighted by Gasteiger charge is -2.19. The van der Waals surface area contributed by atoms with Crippen molar-refractivity contribution in [3.8, 4) is 0 Å². The van der Waals surface area contributed by atoms with Gasteiger partial charge in [0.2, 0.25) is 11.8 Å². The quantitative estimate of drug-likeness (QED) is 0.863. The molecule has 2 heterocycles. The van der Waals surface area contributed by atoms with E-state index in [-0.39, 0.29) is 17.7 Å². The summed E-state index contributed by atoms with van der Waals surface area (Å²) >= 11 is 0. The predicted molar refractivity (Wildman–Crippen MR) is 93.0 cm³/mol. The van der Waals surface area contributed by atoms with Crippen LogP contribution in [0.5, 0.6) is 0 Å². The Morgan fingerprint density at radius 2 is 2.08 bits per heavy atom. The Hall–Kier alpha value is -2.08. The van der Waals surface area contributed by atoms with Gasteiger partial charge in [0.15, 0.2) is 0 Å². The smallest absolute Gasteiger partial charge is 0.246 e. The number of benzene rings is 1. The summed E-state index contributed by atoms with van der Waals surface area (Å²) in [5.41, 5.74) is 1.89. The van der Waals surface area contributed by atoms with Crippen molar-refractivity contribution < 1.29 is 14.3 Å². The molecule has 0 unspecified atom stereocenters. The minimum atomic E-state index is -0.575. The molecule has 0 aliphatic carbocycles. The van der Waals surface area contributed by atoms with E-state index in [2.05, 4.69) is 21.6 Å². The average Bonchev–Trinajstić information content (AvgIpc) is 3.28. The molecule has 2 aliphatic rings. The SMILES string of the molecule is C[C@H](NC(=O)[C@H]1CCOC1)C(=O)Nc1cccc(N2CCCC2)c1. The summed E-state index contributed by atoms with van der Waals surface area (Å²) in [7, 11) is 0. The Morgan fingerprint density at radius 3 is 2.79 bits per heavy atom. The number of nitrogens with one attached hydrogen (secondary N) is 2. The van der Waals surface area contributed by atoms with Crippen LogP contribution in [0.2, 0.25) is 0 Å². The number of anilines is 2. The first kappa shape index (κ1) is 16.8. The van der Waals surface area contributed by atoms with Crippen LogP contribution >= 0.6 is 0 Å². The van der Waals surface area contributed by atoms with Gasteiger partial charge in [-0.1, -0.05) is 6.07 Å². The summed E-state index contributed by atoms with van der Waals surface area (Å²) in [5, 5.41) is 5.66. The second-order valence-electron chi connectivity index (χ2n) is 6.52. The third-order valence-electron chi connectivity index (χ3n) is 4.64. The van der Waals surface area contributed by atoms with E-state index in [0.29, 0.717) is 13.2 Å². The zero-order valence-electron chi connectivity index (χ0n) is 14.1. The van der Waals surface area contributed by atoms with Crippen molar-refractivity contribution in [2.45, 2.75) is 32.2 Å². The lowest BCUT2D eigenvalue weighted by molar-refractivity contribution is -0.129. The predicted octanol–water partition coefficient (Wildman–Crippen LogP) is 1.77. The van der Waals surface area contributed by atoms with Crippen LogP contribution in [0.3, 0.4) is 0 Å². The fourth-order valence-corrected chi connectivity index (χ4v) is 3.14. The highest BCUT2D eigenvalue weighted by Crippen LogP contribution is 2.23. The van der Waals surface area contributed by atoms with Gasteiger partial charge in [0.1, 0.15) is 6.04 Å². The molecule has 130 valence electrons. The van der Waals surface area contributed by atoms with E-state index in [1.807, 2.05) is 18.2 Å². The molecule has 24 heavy (non-hydrogen) atoms. The van der Waals surface area contributed by atoms with Gasteiger partial charge in [-0.05, 0) is 44.4 Å². The molecular weight excluding hydrogens is 306 g/mol. The van der Waals surface area contributed by atoms with Gasteiger partial charge in [0.25, 0.3) is 0 Å². The summed E-state index contributed by atoms with van der Waals surface area (Å²) in [5.74, 6) is -0.458. The van der Waals surface area contributed by atoms with Crippen molar-refractivity contribution in [2.24, 2.45) is 5.92 Å². The van der Waals surface area contributed by atoms with Crippen LogP contribution in [0.4, 0.5) is 11.4 Å². The zero-order chi connectivity index (χ0) is 16.9. The Labute approximate surface area is 142 Å². The summed E-state index contributed by atoms with van der Waals surface area (Å²) < 4.78 is 5.21. The highest BCUT2D eigenvalue weighted by molar-refractivity contribution is 5.97. The maximum absolute atomic E-state index is 12.3. The molecule has 2 amide bonds.